The van der Waals surface area contributed by atoms with Gasteiger partial charge in [0.05, 0.1) is 4.92 Å². The number of benzene rings is 1. The quantitative estimate of drug-likeness (QED) is 0.482. The van der Waals surface area contributed by atoms with Gasteiger partial charge in [0.2, 0.25) is 5.91 Å². The first-order chi connectivity index (χ1) is 9.15. The highest BCUT2D eigenvalue weighted by molar-refractivity contribution is 5.92. The zero-order valence-corrected chi connectivity index (χ0v) is 10.3. The second kappa shape index (κ2) is 6.10. The van der Waals surface area contributed by atoms with Crippen molar-refractivity contribution >= 4 is 17.7 Å². The van der Waals surface area contributed by atoms with E-state index in [1.165, 1.54) is 18.2 Å². The van der Waals surface area contributed by atoms with E-state index in [2.05, 4.69) is 10.6 Å². The number of hydrogen-bond acceptors (Lipinski definition) is 4. The molecule has 1 aliphatic heterocycles. The molecule has 0 aliphatic carbocycles. The molecule has 1 heterocycles. The molecule has 6 nitrogen and oxygen atoms in total. The van der Waals surface area contributed by atoms with Gasteiger partial charge in [-0.05, 0) is 24.6 Å². The number of amides is 1. The van der Waals surface area contributed by atoms with E-state index >= 15 is 0 Å². The summed E-state index contributed by atoms with van der Waals surface area (Å²) in [6.07, 6.45) is 3.90. The molecule has 0 unspecified atom stereocenters. The van der Waals surface area contributed by atoms with E-state index < -0.39 is 4.92 Å². The second-order valence-corrected chi connectivity index (χ2v) is 4.38. The number of nitro benzene ring substituents is 1. The number of non-ortho nitro benzene ring substituents is 1. The molecule has 1 amide bonds. The normalized spacial score (nSPS) is 18.6. The van der Waals surface area contributed by atoms with Crippen LogP contribution in [0.2, 0.25) is 0 Å². The van der Waals surface area contributed by atoms with Gasteiger partial charge >= 0.3 is 0 Å². The predicted molar refractivity (Wildman–Crippen MR) is 71.5 cm³/mol. The monoisotopic (exact) mass is 261 g/mol. The van der Waals surface area contributed by atoms with Crippen molar-refractivity contribution in [2.45, 2.75) is 12.5 Å². The van der Waals surface area contributed by atoms with Crippen LogP contribution in [0.4, 0.5) is 5.69 Å². The summed E-state index contributed by atoms with van der Waals surface area (Å²) in [5.74, 6) is -0.180. The van der Waals surface area contributed by atoms with Crippen LogP contribution in [0.15, 0.2) is 30.3 Å². The average molecular weight is 261 g/mol. The summed E-state index contributed by atoms with van der Waals surface area (Å²) in [6, 6.07) is 6.33. The summed E-state index contributed by atoms with van der Waals surface area (Å²) in [7, 11) is 0. The Kier molecular flexibility index (Phi) is 4.25. The van der Waals surface area contributed by atoms with Crippen LogP contribution in [0.25, 0.3) is 6.08 Å². The third-order valence-electron chi connectivity index (χ3n) is 2.91. The number of hydrogen-bond donors (Lipinski definition) is 2. The third-order valence-corrected chi connectivity index (χ3v) is 2.91. The third kappa shape index (κ3) is 3.89. The van der Waals surface area contributed by atoms with Gasteiger partial charge in [-0.2, -0.15) is 0 Å². The fourth-order valence-corrected chi connectivity index (χ4v) is 1.94. The minimum Gasteiger partial charge on any atom is -0.348 e. The maximum absolute atomic E-state index is 11.6. The highest BCUT2D eigenvalue weighted by Gasteiger charge is 2.15. The van der Waals surface area contributed by atoms with Gasteiger partial charge in [0.25, 0.3) is 5.69 Å². The Bertz CT molecular complexity index is 508. The topological polar surface area (TPSA) is 84.3 Å². The number of nitrogens with one attached hydrogen (secondary N) is 2. The molecular weight excluding hydrogens is 246 g/mol. The van der Waals surface area contributed by atoms with Gasteiger partial charge in [-0.1, -0.05) is 12.1 Å². The Hall–Kier alpha value is -2.21. The van der Waals surface area contributed by atoms with E-state index in [9.17, 15) is 14.9 Å². The van der Waals surface area contributed by atoms with E-state index in [-0.39, 0.29) is 17.6 Å². The zero-order valence-electron chi connectivity index (χ0n) is 10.3. The van der Waals surface area contributed by atoms with E-state index in [0.29, 0.717) is 5.56 Å². The smallest absolute Gasteiger partial charge is 0.270 e. The van der Waals surface area contributed by atoms with Crippen molar-refractivity contribution in [2.75, 3.05) is 13.1 Å². The Balaban J connectivity index is 1.95. The molecule has 19 heavy (non-hydrogen) atoms. The fraction of sp³-hybridized carbons (Fsp3) is 0.308. The minimum absolute atomic E-state index is 0.0163. The van der Waals surface area contributed by atoms with E-state index in [0.717, 1.165) is 19.5 Å². The molecule has 100 valence electrons. The zero-order chi connectivity index (χ0) is 13.7. The molecule has 0 radical (unpaired) electrons. The Morgan fingerprint density at radius 2 is 2.37 bits per heavy atom. The van der Waals surface area contributed by atoms with Gasteiger partial charge in [-0.3, -0.25) is 14.9 Å². The summed E-state index contributed by atoms with van der Waals surface area (Å²) in [5.41, 5.74) is 0.649. The molecule has 0 bridgehead atoms. The molecule has 1 aromatic carbocycles. The van der Waals surface area contributed by atoms with Gasteiger partial charge in [0.1, 0.15) is 0 Å². The first-order valence-corrected chi connectivity index (χ1v) is 6.09. The maximum atomic E-state index is 11.6. The van der Waals surface area contributed by atoms with Crippen LogP contribution in [-0.4, -0.2) is 30.0 Å². The molecule has 0 aromatic heterocycles. The van der Waals surface area contributed by atoms with E-state index in [1.54, 1.807) is 18.2 Å². The molecule has 2 rings (SSSR count). The van der Waals surface area contributed by atoms with Gasteiger partial charge in [0.15, 0.2) is 0 Å². The lowest BCUT2D eigenvalue weighted by Crippen LogP contribution is -2.34. The van der Waals surface area contributed by atoms with Crippen molar-refractivity contribution in [3.05, 3.63) is 46.0 Å². The second-order valence-electron chi connectivity index (χ2n) is 4.38. The minimum atomic E-state index is -0.457. The van der Waals surface area contributed by atoms with Gasteiger partial charge < -0.3 is 10.6 Å². The first kappa shape index (κ1) is 13.2. The first-order valence-electron chi connectivity index (χ1n) is 6.09. The van der Waals surface area contributed by atoms with Crippen molar-refractivity contribution in [1.82, 2.24) is 10.6 Å². The van der Waals surface area contributed by atoms with Crippen molar-refractivity contribution in [3.8, 4) is 0 Å². The standard InChI is InChI=1S/C13H15N3O3/c17-13(15-11-6-7-14-9-11)5-4-10-2-1-3-12(8-10)16(18)19/h1-5,8,11,14H,6-7,9H2,(H,15,17)/t11-/m1/s1. The number of nitrogens with zero attached hydrogens (tertiary/aromatic N) is 1. The fourth-order valence-electron chi connectivity index (χ4n) is 1.94. The molecule has 1 saturated heterocycles. The lowest BCUT2D eigenvalue weighted by Gasteiger charge is -2.08. The van der Waals surface area contributed by atoms with Crippen LogP contribution in [0.1, 0.15) is 12.0 Å². The maximum Gasteiger partial charge on any atom is 0.270 e. The van der Waals surface area contributed by atoms with Crippen molar-refractivity contribution in [2.24, 2.45) is 0 Å². The molecule has 1 atom stereocenters. The highest BCUT2D eigenvalue weighted by Crippen LogP contribution is 2.14. The van der Waals surface area contributed by atoms with Crippen LogP contribution in [0, 0.1) is 10.1 Å². The molecule has 1 aromatic rings. The van der Waals surface area contributed by atoms with Crippen molar-refractivity contribution in [3.63, 3.8) is 0 Å². The lowest BCUT2D eigenvalue weighted by atomic mass is 10.2. The number of carbonyl (C=O) groups is 1. The number of nitro groups is 1. The largest absolute Gasteiger partial charge is 0.348 e. The summed E-state index contributed by atoms with van der Waals surface area (Å²) in [4.78, 5) is 21.8. The van der Waals surface area contributed by atoms with Crippen molar-refractivity contribution in [1.29, 1.82) is 0 Å². The Labute approximate surface area is 110 Å². The number of rotatable bonds is 4. The van der Waals surface area contributed by atoms with Crippen LogP contribution in [-0.2, 0) is 4.79 Å². The predicted octanol–water partition coefficient (Wildman–Crippen LogP) is 1.09. The molecule has 2 N–H and O–H groups in total. The molecule has 1 aliphatic rings. The van der Waals surface area contributed by atoms with Crippen LogP contribution >= 0.6 is 0 Å². The van der Waals surface area contributed by atoms with E-state index in [4.69, 9.17) is 0 Å². The summed E-state index contributed by atoms with van der Waals surface area (Å²) >= 11 is 0. The van der Waals surface area contributed by atoms with Crippen LogP contribution < -0.4 is 10.6 Å². The Morgan fingerprint density at radius 1 is 1.53 bits per heavy atom. The van der Waals surface area contributed by atoms with Gasteiger partial charge in [-0.15, -0.1) is 0 Å². The SMILES string of the molecule is O=C(C=Cc1cccc([N+](=O)[O-])c1)N[C@@H]1CCNC1. The summed E-state index contributed by atoms with van der Waals surface area (Å²) in [5, 5.41) is 16.6. The van der Waals surface area contributed by atoms with Gasteiger partial charge in [0, 0.05) is 30.8 Å². The summed E-state index contributed by atoms with van der Waals surface area (Å²) < 4.78 is 0. The molecule has 0 spiro atoms. The van der Waals surface area contributed by atoms with Crippen LogP contribution in [0.5, 0.6) is 0 Å². The Morgan fingerprint density at radius 3 is 3.05 bits per heavy atom. The molecule has 6 heteroatoms. The highest BCUT2D eigenvalue weighted by atomic mass is 16.6. The van der Waals surface area contributed by atoms with Gasteiger partial charge in [-0.25, -0.2) is 0 Å². The lowest BCUT2D eigenvalue weighted by molar-refractivity contribution is -0.384. The average Bonchev–Trinajstić information content (AvgIpc) is 2.89. The molecule has 1 fully saturated rings. The van der Waals surface area contributed by atoms with E-state index in [1.807, 2.05) is 0 Å². The van der Waals surface area contributed by atoms with Crippen LogP contribution in [0.3, 0.4) is 0 Å². The molecule has 0 saturated carbocycles. The van der Waals surface area contributed by atoms with Crippen molar-refractivity contribution < 1.29 is 9.72 Å². The number of carbonyl (C=O) groups excluding carboxylic acids is 1. The summed E-state index contributed by atoms with van der Waals surface area (Å²) in [6.45, 7) is 1.70. The molecular formula is C13H15N3O3.